The summed E-state index contributed by atoms with van der Waals surface area (Å²) in [6.45, 7) is 0. The third kappa shape index (κ3) is 6.31. The van der Waals surface area contributed by atoms with Crippen molar-refractivity contribution in [1.29, 1.82) is 0 Å². The summed E-state index contributed by atoms with van der Waals surface area (Å²) in [6.07, 6.45) is -0.371. The lowest BCUT2D eigenvalue weighted by molar-refractivity contribution is 0.203. The lowest BCUT2D eigenvalue weighted by Crippen LogP contribution is -2.54. The van der Waals surface area contributed by atoms with Crippen molar-refractivity contribution in [2.24, 2.45) is 0 Å². The van der Waals surface area contributed by atoms with Gasteiger partial charge in [-0.2, -0.15) is 0 Å². The van der Waals surface area contributed by atoms with E-state index in [0.717, 1.165) is 44.4 Å². The molecule has 69 heavy (non-hydrogen) atoms. The van der Waals surface area contributed by atoms with Crippen molar-refractivity contribution in [3.05, 3.63) is 282 Å². The molecule has 1 fully saturated rings. The fourth-order valence-corrected chi connectivity index (χ4v) is 11.9. The third-order valence-electron chi connectivity index (χ3n) is 15.0. The number of aromatic nitrogens is 1. The summed E-state index contributed by atoms with van der Waals surface area (Å²) < 4.78 is 0. The van der Waals surface area contributed by atoms with Crippen LogP contribution < -0.4 is 16.0 Å². The quantitative estimate of drug-likeness (QED) is 0.146. The Morgan fingerprint density at radius 3 is 1.33 bits per heavy atom. The number of nitrogens with one attached hydrogen (secondary N) is 3. The van der Waals surface area contributed by atoms with E-state index in [2.05, 4.69) is 259 Å². The molecule has 11 aromatic rings. The standard InChI is InChI=1S/C65H46N4/c1-3-17-43(18-4-1)62-67-63(44-19-5-2-6-20-44)69-64(68-62)48-38-46(41-31-33-42(34-32-41)61-54-26-8-7-21-49(54)53-25-12-16-30-60(53)66-61)37-47(39-48)45-35-36-59-55(40-45)52-24-11-15-29-58(52)65(59)56-27-13-9-22-50(56)51-23-10-14-28-57(51)65/h1-40,62-64,67-69H. The molecule has 1 saturated heterocycles. The van der Waals surface area contributed by atoms with Crippen molar-refractivity contribution in [2.45, 2.75) is 23.9 Å². The largest absolute Gasteiger partial charge is 0.279 e. The normalized spacial score (nSPS) is 17.4. The monoisotopic (exact) mass is 882 g/mol. The number of hydrogen-bond donors (Lipinski definition) is 3. The molecule has 2 aliphatic carbocycles. The van der Waals surface area contributed by atoms with E-state index < -0.39 is 0 Å². The van der Waals surface area contributed by atoms with Crippen LogP contribution in [0.3, 0.4) is 0 Å². The summed E-state index contributed by atoms with van der Waals surface area (Å²) in [5.74, 6) is 0. The summed E-state index contributed by atoms with van der Waals surface area (Å²) in [7, 11) is 0. The maximum atomic E-state index is 5.24. The highest BCUT2D eigenvalue weighted by atomic mass is 15.4. The zero-order valence-corrected chi connectivity index (χ0v) is 37.8. The number of benzene rings is 10. The fraction of sp³-hybridized carbons (Fsp3) is 0.0615. The van der Waals surface area contributed by atoms with Gasteiger partial charge in [-0.25, -0.2) is 4.98 Å². The second kappa shape index (κ2) is 15.9. The van der Waals surface area contributed by atoms with E-state index in [1.165, 1.54) is 72.0 Å². The molecule has 1 aromatic heterocycles. The molecule has 14 rings (SSSR count). The molecule has 0 amide bonds. The van der Waals surface area contributed by atoms with Crippen LogP contribution in [-0.4, -0.2) is 4.98 Å². The van der Waals surface area contributed by atoms with Crippen molar-refractivity contribution >= 4 is 21.7 Å². The number of pyridine rings is 1. The van der Waals surface area contributed by atoms with Crippen molar-refractivity contribution in [1.82, 2.24) is 20.9 Å². The highest BCUT2D eigenvalue weighted by molar-refractivity contribution is 6.11. The Morgan fingerprint density at radius 2 is 0.725 bits per heavy atom. The average Bonchev–Trinajstić information content (AvgIpc) is 3.90. The fourth-order valence-electron chi connectivity index (χ4n) is 11.9. The lowest BCUT2D eigenvalue weighted by atomic mass is 9.70. The minimum atomic E-state index is -0.389. The Labute approximate surface area is 402 Å². The Hall–Kier alpha value is -8.25. The van der Waals surface area contributed by atoms with Crippen LogP contribution in [0.2, 0.25) is 0 Å². The van der Waals surface area contributed by atoms with Crippen LogP contribution >= 0.6 is 0 Å². The maximum Gasteiger partial charge on any atom is 0.0865 e. The summed E-state index contributed by atoms with van der Waals surface area (Å²) in [5.41, 5.74) is 21.5. The Morgan fingerprint density at radius 1 is 0.290 bits per heavy atom. The molecule has 2 atom stereocenters. The van der Waals surface area contributed by atoms with E-state index in [-0.39, 0.29) is 23.9 Å². The SMILES string of the molecule is c1ccc(C2NC(c3ccccc3)NC(c3cc(-c4ccc(-c5nc6ccccc6c6ccccc56)cc4)cc(-c4ccc5c(c4)-c4ccccc4C54c5ccccc5-c5ccccc54)c3)N2)cc1. The second-order valence-electron chi connectivity index (χ2n) is 18.7. The van der Waals surface area contributed by atoms with Crippen molar-refractivity contribution in [2.75, 3.05) is 0 Å². The number of nitrogens with zero attached hydrogens (tertiary/aromatic N) is 1. The summed E-state index contributed by atoms with van der Waals surface area (Å²) in [5, 5.41) is 15.4. The Balaban J connectivity index is 0.932. The van der Waals surface area contributed by atoms with Gasteiger partial charge in [0, 0.05) is 16.3 Å². The molecule has 10 aromatic carbocycles. The first-order chi connectivity index (χ1) is 34.2. The van der Waals surface area contributed by atoms with Gasteiger partial charge in [0.1, 0.15) is 0 Å². The Bertz CT molecular complexity index is 3690. The van der Waals surface area contributed by atoms with Gasteiger partial charge in [-0.3, -0.25) is 16.0 Å². The molecule has 1 aliphatic heterocycles. The lowest BCUT2D eigenvalue weighted by Gasteiger charge is -2.40. The molecule has 0 saturated carbocycles. The van der Waals surface area contributed by atoms with E-state index in [4.69, 9.17) is 4.98 Å². The molecule has 3 aliphatic rings. The molecular weight excluding hydrogens is 837 g/mol. The summed E-state index contributed by atoms with van der Waals surface area (Å²) >= 11 is 0. The minimum Gasteiger partial charge on any atom is -0.279 e. The van der Waals surface area contributed by atoms with Gasteiger partial charge in [-0.05, 0) is 119 Å². The van der Waals surface area contributed by atoms with Crippen LogP contribution in [-0.2, 0) is 5.41 Å². The molecule has 4 nitrogen and oxygen atoms in total. The highest BCUT2D eigenvalue weighted by Gasteiger charge is 2.51. The van der Waals surface area contributed by atoms with Crippen LogP contribution in [0.1, 0.15) is 57.4 Å². The first-order valence-electron chi connectivity index (χ1n) is 24.0. The highest BCUT2D eigenvalue weighted by Crippen LogP contribution is 2.63. The molecule has 1 spiro atoms. The number of para-hydroxylation sites is 1. The topological polar surface area (TPSA) is 49.0 Å². The van der Waals surface area contributed by atoms with Gasteiger partial charge in [-0.1, -0.05) is 212 Å². The van der Waals surface area contributed by atoms with Gasteiger partial charge < -0.3 is 0 Å². The number of hydrogen-bond acceptors (Lipinski definition) is 4. The van der Waals surface area contributed by atoms with Crippen LogP contribution in [0.25, 0.3) is 77.4 Å². The minimum absolute atomic E-state index is 0.0943. The molecule has 0 radical (unpaired) electrons. The summed E-state index contributed by atoms with van der Waals surface area (Å²) in [6, 6.07) is 89.0. The Kier molecular flexibility index (Phi) is 9.21. The van der Waals surface area contributed by atoms with E-state index in [9.17, 15) is 0 Å². The molecule has 3 N–H and O–H groups in total. The predicted octanol–water partition coefficient (Wildman–Crippen LogP) is 14.9. The molecule has 0 bridgehead atoms. The molecular formula is C65H46N4. The van der Waals surface area contributed by atoms with Crippen LogP contribution in [0.5, 0.6) is 0 Å². The van der Waals surface area contributed by atoms with E-state index in [0.29, 0.717) is 0 Å². The van der Waals surface area contributed by atoms with E-state index in [1.54, 1.807) is 0 Å². The van der Waals surface area contributed by atoms with Crippen molar-refractivity contribution < 1.29 is 0 Å². The van der Waals surface area contributed by atoms with Crippen molar-refractivity contribution in [3.8, 4) is 55.8 Å². The van der Waals surface area contributed by atoms with Gasteiger partial charge in [0.05, 0.1) is 35.1 Å². The first kappa shape index (κ1) is 39.9. The number of rotatable bonds is 6. The molecule has 326 valence electrons. The van der Waals surface area contributed by atoms with Gasteiger partial charge in [-0.15, -0.1) is 0 Å². The predicted molar refractivity (Wildman–Crippen MR) is 282 cm³/mol. The van der Waals surface area contributed by atoms with Gasteiger partial charge in [0.25, 0.3) is 0 Å². The second-order valence-corrected chi connectivity index (χ2v) is 18.7. The van der Waals surface area contributed by atoms with Crippen molar-refractivity contribution in [3.63, 3.8) is 0 Å². The maximum absolute atomic E-state index is 5.24. The van der Waals surface area contributed by atoms with Gasteiger partial charge >= 0.3 is 0 Å². The molecule has 4 heteroatoms. The summed E-state index contributed by atoms with van der Waals surface area (Å²) in [4.78, 5) is 5.24. The molecule has 2 heterocycles. The average molecular weight is 883 g/mol. The third-order valence-corrected chi connectivity index (χ3v) is 15.0. The zero-order valence-electron chi connectivity index (χ0n) is 37.8. The van der Waals surface area contributed by atoms with E-state index >= 15 is 0 Å². The van der Waals surface area contributed by atoms with Crippen LogP contribution in [0.4, 0.5) is 0 Å². The molecule has 2 unspecified atom stereocenters. The van der Waals surface area contributed by atoms with Gasteiger partial charge in [0.2, 0.25) is 0 Å². The smallest absolute Gasteiger partial charge is 0.0865 e. The van der Waals surface area contributed by atoms with Crippen LogP contribution in [0, 0.1) is 0 Å². The van der Waals surface area contributed by atoms with E-state index in [1.807, 2.05) is 0 Å². The number of fused-ring (bicyclic) bond motifs is 13. The first-order valence-corrected chi connectivity index (χ1v) is 24.0. The van der Waals surface area contributed by atoms with Crippen LogP contribution in [0.15, 0.2) is 243 Å². The zero-order chi connectivity index (χ0) is 45.5. The van der Waals surface area contributed by atoms with Gasteiger partial charge in [0.15, 0.2) is 0 Å².